The van der Waals surface area contributed by atoms with Gasteiger partial charge in [-0.15, -0.1) is 56.7 Å². The zero-order valence-corrected chi connectivity index (χ0v) is 72.1. The number of rotatable bonds is 27. The van der Waals surface area contributed by atoms with Crippen LogP contribution >= 0.6 is 56.7 Å². The number of aryl methyl sites for hydroxylation is 5. The van der Waals surface area contributed by atoms with Gasteiger partial charge < -0.3 is 58.3 Å². The molecule has 5 aromatic heterocycles. The first-order valence-corrected chi connectivity index (χ1v) is 42.6. The highest BCUT2D eigenvalue weighted by molar-refractivity contribution is 7.23. The maximum atomic E-state index is 13.5. The number of amides is 2. The summed E-state index contributed by atoms with van der Waals surface area (Å²) in [5, 5.41) is 49.0. The van der Waals surface area contributed by atoms with Crippen LogP contribution in [0.5, 0.6) is 69.0 Å². The van der Waals surface area contributed by atoms with Gasteiger partial charge >= 0.3 is 25.1 Å². The van der Waals surface area contributed by atoms with Crippen LogP contribution < -0.4 is 29.6 Å². The lowest BCUT2D eigenvalue weighted by atomic mass is 10.0. The minimum absolute atomic E-state index is 0.0215. The first-order chi connectivity index (χ1) is 61.9. The number of ketones is 4. The fourth-order valence-corrected chi connectivity index (χ4v) is 18.4. The average molecular weight is 1810 g/mol. The number of hydrogen-bond donors (Lipinski definition) is 6. The molecule has 128 heavy (non-hydrogen) atoms. The summed E-state index contributed by atoms with van der Waals surface area (Å²) >= 11 is 6.41. The first-order valence-electron chi connectivity index (χ1n) is 38.5. The molecule has 6 N–H and O–H groups in total. The number of hydrogen-bond acceptors (Lipinski definition) is 27. The van der Waals surface area contributed by atoms with Crippen molar-refractivity contribution in [3.05, 3.63) is 340 Å². The number of halogens is 1. The monoisotopic (exact) mass is 1810 g/mol. The van der Waals surface area contributed by atoms with E-state index < -0.39 is 18.0 Å². The predicted octanol–water partition coefficient (Wildman–Crippen LogP) is 24.2. The number of aromatic hydroxyl groups is 4. The second kappa shape index (κ2) is 41.6. The number of ether oxygens (including phenoxy) is 8. The summed E-state index contributed by atoms with van der Waals surface area (Å²) in [6.07, 6.45) is 4.80. The van der Waals surface area contributed by atoms with Gasteiger partial charge in [-0.1, -0.05) is 79.2 Å². The van der Waals surface area contributed by atoms with Gasteiger partial charge in [0, 0.05) is 68.4 Å². The Labute approximate surface area is 748 Å². The van der Waals surface area contributed by atoms with Crippen molar-refractivity contribution in [3.63, 3.8) is 0 Å². The normalized spacial score (nSPS) is 10.8. The average Bonchev–Trinajstić information content (AvgIpc) is 1.64. The van der Waals surface area contributed by atoms with Gasteiger partial charge in [-0.3, -0.25) is 49.0 Å². The third-order valence-corrected chi connectivity index (χ3v) is 24.6. The molecular formula is C98H71FN2O22S5. The molecule has 30 heteroatoms. The second-order valence-electron chi connectivity index (χ2n) is 27.7. The van der Waals surface area contributed by atoms with Gasteiger partial charge in [-0.05, 0) is 255 Å². The zero-order chi connectivity index (χ0) is 90.7. The SMILES string of the molecule is CCc1ccccc1C(=O)c1sc2cc(O)ccc2c1Oc1ccc(/C=C/OC=O)cc1.Cc1cc(F)ccc1C(=O)c1sc2cc(O)ccc2c1Oc1ccc(NC(=O)OC=O)cc1.Cc1ccc(C(=O)c2sc3cc(O)ccc3c2Oc2ccc(NC(=O)OC=O)cc2)c(C)c1.Cc1ccsc1C(=O)c1sc2cc(O)ccc2c1Oc1ccc(/C=C/OC=O)cc1. The number of carbonyl (C=O) groups is 10. The third-order valence-electron chi connectivity index (χ3n) is 19.0. The van der Waals surface area contributed by atoms with E-state index >= 15 is 0 Å². The van der Waals surface area contributed by atoms with E-state index in [1.54, 1.807) is 146 Å². The van der Waals surface area contributed by atoms with E-state index in [1.807, 2.05) is 99.8 Å². The van der Waals surface area contributed by atoms with Crippen molar-refractivity contribution < 1.29 is 111 Å². The van der Waals surface area contributed by atoms with Crippen LogP contribution in [0.4, 0.5) is 25.4 Å². The number of anilines is 2. The summed E-state index contributed by atoms with van der Waals surface area (Å²) in [5.74, 6) is 2.83. The van der Waals surface area contributed by atoms with Crippen LogP contribution in [0, 0.1) is 33.5 Å². The maximum Gasteiger partial charge on any atom is 0.419 e. The van der Waals surface area contributed by atoms with Crippen LogP contribution in [0.25, 0.3) is 52.5 Å². The number of nitrogens with one attached hydrogen (secondary N) is 2. The lowest BCUT2D eigenvalue weighted by molar-refractivity contribution is -0.124. The first kappa shape index (κ1) is 90.0. The van der Waals surface area contributed by atoms with Gasteiger partial charge in [0.1, 0.15) is 71.3 Å². The van der Waals surface area contributed by atoms with E-state index in [9.17, 15) is 72.8 Å². The molecule has 0 radical (unpaired) electrons. The van der Waals surface area contributed by atoms with E-state index in [0.29, 0.717) is 137 Å². The highest BCUT2D eigenvalue weighted by atomic mass is 32.1. The fraction of sp³-hybridized carbons (Fsp3) is 0.0612. The molecule has 0 unspecified atom stereocenters. The molecule has 5 heterocycles. The Bertz CT molecular complexity index is 6750. The third kappa shape index (κ3) is 21.9. The molecule has 0 bridgehead atoms. The van der Waals surface area contributed by atoms with Gasteiger partial charge in [-0.2, -0.15) is 0 Å². The van der Waals surface area contributed by atoms with Crippen molar-refractivity contribution >= 4 is 182 Å². The number of phenolic OH excluding ortho intramolecular Hbond substituents is 4. The molecule has 0 saturated heterocycles. The molecule has 0 fully saturated rings. The van der Waals surface area contributed by atoms with Crippen molar-refractivity contribution in [1.29, 1.82) is 0 Å². The van der Waals surface area contributed by atoms with Crippen LogP contribution in [0.3, 0.4) is 0 Å². The molecule has 0 aliphatic carbocycles. The summed E-state index contributed by atoms with van der Waals surface area (Å²) in [7, 11) is 0. The van der Waals surface area contributed by atoms with Crippen LogP contribution in [0.2, 0.25) is 0 Å². The molecule has 0 aliphatic rings. The largest absolute Gasteiger partial charge is 0.508 e. The summed E-state index contributed by atoms with van der Waals surface area (Å²) in [4.78, 5) is 120. The lowest BCUT2D eigenvalue weighted by Crippen LogP contribution is -2.12. The molecular weight excluding hydrogens is 1740 g/mol. The number of phenols is 4. The van der Waals surface area contributed by atoms with E-state index in [2.05, 4.69) is 29.6 Å². The van der Waals surface area contributed by atoms with E-state index in [0.717, 1.165) is 71.3 Å². The van der Waals surface area contributed by atoms with E-state index in [4.69, 9.17) is 18.9 Å². The predicted molar refractivity (Wildman–Crippen MR) is 490 cm³/mol. The minimum atomic E-state index is -0.926. The quantitative estimate of drug-likeness (QED) is 0.00915. The molecule has 2 amide bonds. The summed E-state index contributed by atoms with van der Waals surface area (Å²) in [6, 6.07) is 65.4. The maximum absolute atomic E-state index is 13.5. The van der Waals surface area contributed by atoms with E-state index in [1.165, 1.54) is 100 Å². The molecule has 24 nitrogen and oxygen atoms in total. The second-order valence-corrected chi connectivity index (χ2v) is 32.8. The molecule has 0 spiro atoms. The van der Waals surface area contributed by atoms with Gasteiger partial charge in [0.25, 0.3) is 12.9 Å². The summed E-state index contributed by atoms with van der Waals surface area (Å²) in [5.41, 5.74) is 8.30. The summed E-state index contributed by atoms with van der Waals surface area (Å²) < 4.78 is 58.4. The van der Waals surface area contributed by atoms with Crippen LogP contribution in [-0.2, 0) is 44.5 Å². The molecule has 0 aliphatic heterocycles. The lowest BCUT2D eigenvalue weighted by Gasteiger charge is -2.10. The highest BCUT2D eigenvalue weighted by Gasteiger charge is 2.29. The Hall–Kier alpha value is -15.7. The number of fused-ring (bicyclic) bond motifs is 4. The van der Waals surface area contributed by atoms with Crippen molar-refractivity contribution in [1.82, 2.24) is 0 Å². The van der Waals surface area contributed by atoms with Crippen molar-refractivity contribution in [2.24, 2.45) is 0 Å². The minimum Gasteiger partial charge on any atom is -0.508 e. The summed E-state index contributed by atoms with van der Waals surface area (Å²) in [6.45, 7) is 10.2. The number of benzene rings is 11. The molecule has 11 aromatic carbocycles. The zero-order valence-electron chi connectivity index (χ0n) is 68.0. The van der Waals surface area contributed by atoms with Crippen LogP contribution in [-0.4, -0.2) is 81.6 Å². The number of thiophene rings is 5. The highest BCUT2D eigenvalue weighted by Crippen LogP contribution is 2.48. The van der Waals surface area contributed by atoms with E-state index in [-0.39, 0.29) is 59.1 Å². The van der Waals surface area contributed by atoms with Gasteiger partial charge in [0.15, 0.2) is 23.0 Å². The Balaban J connectivity index is 0.000000146. The van der Waals surface area contributed by atoms with Crippen LogP contribution in [0.15, 0.2) is 254 Å². The van der Waals surface area contributed by atoms with Gasteiger partial charge in [0.2, 0.25) is 23.1 Å². The standard InChI is InChI=1S/C26H20O5S.C25H19NO6S.C24H16FNO6S.C23H16O5S2/c1-2-18-5-3-4-6-21(18)24(29)26-25(22-12-9-19(28)15-23(22)32-26)31-20-10-7-17(8-11-20)13-14-30-16-27;1-14-3-9-19(15(2)11-14)22(29)24-23(20-10-6-17(28)12-21(20)33-24)32-18-7-4-16(5-8-18)26-25(30)31-13-27;1-13-10-14(25)2-8-18(13)21(29)23-22(19-9-5-16(28)11-20(19)33-23)32-17-6-3-15(4-7-17)26-24(30)31-12-27;1-14-9-11-29-22(14)20(26)23-21(18-7-4-16(25)12-19(18)30-23)28-17-5-2-15(3-6-17)8-10-27-13-24/h3-16,28H,2H2,1H3;3-13,28H,1-2H3,(H,26,30);2-12,28H,1H3,(H,26,30);2-13,25H,1H3/b14-13+;;;10-8+. The van der Waals surface area contributed by atoms with Crippen LogP contribution in [0.1, 0.15) is 106 Å². The topological polar surface area (TPSA) is 350 Å². The Kier molecular flexibility index (Phi) is 29.3. The van der Waals surface area contributed by atoms with Gasteiger partial charge in [0.05, 0.1) is 17.4 Å². The molecule has 16 aromatic rings. The molecule has 642 valence electrons. The number of carbonyl (C=O) groups excluding carboxylic acids is 10. The van der Waals surface area contributed by atoms with Crippen molar-refractivity contribution in [2.45, 2.75) is 41.0 Å². The van der Waals surface area contributed by atoms with Crippen molar-refractivity contribution in [3.8, 4) is 69.0 Å². The Morgan fingerprint density at radius 3 is 1.08 bits per heavy atom. The smallest absolute Gasteiger partial charge is 0.419 e. The molecule has 0 saturated carbocycles. The fourth-order valence-electron chi connectivity index (χ4n) is 13.0. The Morgan fingerprint density at radius 2 is 0.727 bits per heavy atom. The Morgan fingerprint density at radius 1 is 0.367 bits per heavy atom. The molecule has 0 atom stereocenters. The van der Waals surface area contributed by atoms with Crippen molar-refractivity contribution in [2.75, 3.05) is 10.6 Å². The van der Waals surface area contributed by atoms with Gasteiger partial charge in [-0.25, -0.2) is 14.0 Å². The molecule has 16 rings (SSSR count).